The first kappa shape index (κ1) is 30.0. The number of fused-ring (bicyclic) bond motifs is 1. The van der Waals surface area contributed by atoms with Gasteiger partial charge in [-0.25, -0.2) is 9.98 Å². The van der Waals surface area contributed by atoms with Crippen LogP contribution in [-0.2, 0) is 0 Å². The molecule has 0 saturated carbocycles. The average molecular weight is 522 g/mol. The SMILES string of the molecule is Cc1cc(N(C(N)=NC(C)CCCC(C)C)c2nccs2)c2ccccc2n1.O=[N+]([O-])O.O=[N+]([O-])O. The van der Waals surface area contributed by atoms with Gasteiger partial charge in [-0.05, 0) is 38.3 Å². The second-order valence-electron chi connectivity index (χ2n) is 8.09. The molecule has 0 aliphatic rings. The Morgan fingerprint density at radius 3 is 2.33 bits per heavy atom. The van der Waals surface area contributed by atoms with Crippen molar-refractivity contribution >= 4 is 39.0 Å². The van der Waals surface area contributed by atoms with Gasteiger partial charge in [0.1, 0.15) is 0 Å². The molecule has 3 aromatic rings. The van der Waals surface area contributed by atoms with E-state index < -0.39 is 10.2 Å². The number of hydrogen-bond acceptors (Lipinski definition) is 8. The van der Waals surface area contributed by atoms with Crippen LogP contribution in [0.3, 0.4) is 0 Å². The van der Waals surface area contributed by atoms with E-state index in [1.54, 1.807) is 17.5 Å². The number of thiazole rings is 1. The number of aryl methyl sites for hydroxylation is 1. The molecule has 2 heterocycles. The molecular weight excluding hydrogens is 490 g/mol. The van der Waals surface area contributed by atoms with Gasteiger partial charge >= 0.3 is 0 Å². The summed E-state index contributed by atoms with van der Waals surface area (Å²) in [6.07, 6.45) is 5.19. The highest BCUT2D eigenvalue weighted by Gasteiger charge is 2.20. The summed E-state index contributed by atoms with van der Waals surface area (Å²) in [5.41, 5.74) is 9.38. The Morgan fingerprint density at radius 1 is 1.17 bits per heavy atom. The molecular formula is C22H31N7O6S. The minimum absolute atomic E-state index is 0.162. The molecule has 0 radical (unpaired) electrons. The Bertz CT molecular complexity index is 1120. The lowest BCUT2D eigenvalue weighted by Crippen LogP contribution is -2.34. The second kappa shape index (κ2) is 15.0. The summed E-state index contributed by atoms with van der Waals surface area (Å²) in [5.74, 6) is 1.19. The van der Waals surface area contributed by atoms with Gasteiger partial charge in [0.2, 0.25) is 5.96 Å². The third-order valence-corrected chi connectivity index (χ3v) is 5.42. The minimum Gasteiger partial charge on any atom is -0.369 e. The van der Waals surface area contributed by atoms with Gasteiger partial charge in [0.05, 0.1) is 17.2 Å². The maximum atomic E-state index is 8.36. The Hall–Kier alpha value is -4.07. The summed E-state index contributed by atoms with van der Waals surface area (Å²) in [6, 6.07) is 10.3. The zero-order chi connectivity index (χ0) is 27.3. The quantitative estimate of drug-likeness (QED) is 0.165. The highest BCUT2D eigenvalue weighted by atomic mass is 32.1. The molecule has 3 rings (SSSR count). The van der Waals surface area contributed by atoms with Crippen LogP contribution < -0.4 is 10.6 Å². The number of nitrogens with zero attached hydrogens (tertiary/aromatic N) is 6. The van der Waals surface area contributed by atoms with Crippen LogP contribution in [0.1, 0.15) is 45.7 Å². The number of para-hydroxylation sites is 1. The number of anilines is 2. The highest BCUT2D eigenvalue weighted by molar-refractivity contribution is 7.13. The van der Waals surface area contributed by atoms with Crippen LogP contribution in [-0.4, -0.2) is 42.6 Å². The van der Waals surface area contributed by atoms with Crippen molar-refractivity contribution in [3.05, 3.63) is 67.8 Å². The Morgan fingerprint density at radius 2 is 1.78 bits per heavy atom. The van der Waals surface area contributed by atoms with E-state index in [4.69, 9.17) is 41.4 Å². The molecule has 13 nitrogen and oxygen atoms in total. The van der Waals surface area contributed by atoms with Crippen molar-refractivity contribution in [2.24, 2.45) is 16.6 Å². The van der Waals surface area contributed by atoms with E-state index in [0.717, 1.165) is 40.3 Å². The first-order chi connectivity index (χ1) is 16.9. The third kappa shape index (κ3) is 10.9. The standard InChI is InChI=1S/C22H29N5S.2HNO3/c1-15(2)8-7-9-16(3)26-21(23)27(22-24-12-13-28-22)20-14-17(4)25-19-11-6-5-10-18(19)20;2*2-1(3)4/h5-6,10-16H,7-9H2,1-4H3,(H2,23,26);2*(H,2,3,4). The van der Waals surface area contributed by atoms with E-state index in [2.05, 4.69) is 42.9 Å². The zero-order valence-corrected chi connectivity index (χ0v) is 21.3. The van der Waals surface area contributed by atoms with Crippen molar-refractivity contribution in [1.82, 2.24) is 9.97 Å². The predicted molar refractivity (Wildman–Crippen MR) is 138 cm³/mol. The van der Waals surface area contributed by atoms with Crippen molar-refractivity contribution in [1.29, 1.82) is 0 Å². The third-order valence-electron chi connectivity index (χ3n) is 4.66. The van der Waals surface area contributed by atoms with Crippen molar-refractivity contribution < 1.29 is 20.6 Å². The van der Waals surface area contributed by atoms with E-state index in [9.17, 15) is 0 Å². The molecule has 0 fully saturated rings. The van der Waals surface area contributed by atoms with Gasteiger partial charge in [0, 0.05) is 22.7 Å². The zero-order valence-electron chi connectivity index (χ0n) is 20.5. The summed E-state index contributed by atoms with van der Waals surface area (Å²) < 4.78 is 0. The number of hydrogen-bond donors (Lipinski definition) is 3. The van der Waals surface area contributed by atoms with Gasteiger partial charge < -0.3 is 16.1 Å². The van der Waals surface area contributed by atoms with Crippen LogP contribution in [0, 0.1) is 33.1 Å². The molecule has 0 bridgehead atoms. The van der Waals surface area contributed by atoms with Crippen LogP contribution in [0.15, 0.2) is 46.9 Å². The lowest BCUT2D eigenvalue weighted by atomic mass is 10.0. The number of aliphatic imine (C=N–C) groups is 1. The fourth-order valence-corrected chi connectivity index (χ4v) is 3.95. The molecule has 4 N–H and O–H groups in total. The molecule has 0 aliphatic heterocycles. The maximum Gasteiger partial charge on any atom is 0.291 e. The van der Waals surface area contributed by atoms with Crippen molar-refractivity contribution in [3.63, 3.8) is 0 Å². The smallest absolute Gasteiger partial charge is 0.291 e. The summed E-state index contributed by atoms with van der Waals surface area (Å²) in [4.78, 5) is 32.7. The summed E-state index contributed by atoms with van der Waals surface area (Å²) in [6.45, 7) is 8.63. The topological polar surface area (TPSA) is 194 Å². The van der Waals surface area contributed by atoms with Crippen LogP contribution in [0.4, 0.5) is 10.8 Å². The van der Waals surface area contributed by atoms with Crippen LogP contribution in [0.5, 0.6) is 0 Å². The summed E-state index contributed by atoms with van der Waals surface area (Å²) in [5, 5.41) is 31.1. The number of guanidine groups is 1. The van der Waals surface area contributed by atoms with Gasteiger partial charge in [-0.1, -0.05) is 44.9 Å². The fourth-order valence-electron chi connectivity index (χ4n) is 3.29. The van der Waals surface area contributed by atoms with Crippen molar-refractivity contribution in [3.8, 4) is 0 Å². The molecule has 14 heteroatoms. The number of pyridine rings is 1. The number of aromatic nitrogens is 2. The molecule has 0 saturated heterocycles. The number of benzene rings is 1. The van der Waals surface area contributed by atoms with Crippen molar-refractivity contribution in [2.45, 2.75) is 53.0 Å². The second-order valence-corrected chi connectivity index (χ2v) is 8.96. The average Bonchev–Trinajstić information content (AvgIpc) is 3.27. The largest absolute Gasteiger partial charge is 0.369 e. The van der Waals surface area contributed by atoms with E-state index in [0.29, 0.717) is 11.9 Å². The Balaban J connectivity index is 0.000000709. The number of rotatable bonds is 7. The van der Waals surface area contributed by atoms with Gasteiger partial charge in [-0.3, -0.25) is 9.88 Å². The molecule has 196 valence electrons. The van der Waals surface area contributed by atoms with Crippen LogP contribution in [0.2, 0.25) is 0 Å². The molecule has 1 atom stereocenters. The highest BCUT2D eigenvalue weighted by Crippen LogP contribution is 2.33. The van der Waals surface area contributed by atoms with Gasteiger partial charge in [0.15, 0.2) is 5.13 Å². The molecule has 0 spiro atoms. The van der Waals surface area contributed by atoms with E-state index >= 15 is 0 Å². The van der Waals surface area contributed by atoms with Gasteiger partial charge in [0.25, 0.3) is 10.2 Å². The van der Waals surface area contributed by atoms with Crippen LogP contribution >= 0.6 is 11.3 Å². The normalized spacial score (nSPS) is 11.6. The summed E-state index contributed by atoms with van der Waals surface area (Å²) in [7, 11) is 0. The first-order valence-corrected chi connectivity index (χ1v) is 11.9. The van der Waals surface area contributed by atoms with Gasteiger partial charge in [-0.2, -0.15) is 0 Å². The Kier molecular flexibility index (Phi) is 12.5. The maximum absolute atomic E-state index is 8.36. The fraction of sp³-hybridized carbons (Fsp3) is 0.409. The lowest BCUT2D eigenvalue weighted by Gasteiger charge is -2.24. The summed E-state index contributed by atoms with van der Waals surface area (Å²) >= 11 is 1.55. The molecule has 2 aromatic heterocycles. The Labute approximate surface area is 212 Å². The molecule has 1 aromatic carbocycles. The minimum atomic E-state index is -1.50. The van der Waals surface area contributed by atoms with E-state index in [1.807, 2.05) is 35.4 Å². The molecule has 36 heavy (non-hydrogen) atoms. The van der Waals surface area contributed by atoms with Crippen LogP contribution in [0.25, 0.3) is 10.9 Å². The lowest BCUT2D eigenvalue weighted by molar-refractivity contribution is -0.742. The molecule has 0 aliphatic carbocycles. The van der Waals surface area contributed by atoms with E-state index in [1.165, 1.54) is 6.42 Å². The molecule has 1 unspecified atom stereocenters. The van der Waals surface area contributed by atoms with E-state index in [-0.39, 0.29) is 6.04 Å². The monoisotopic (exact) mass is 521 g/mol. The number of nitrogens with two attached hydrogens (primary N) is 1. The molecule has 0 amide bonds. The van der Waals surface area contributed by atoms with Gasteiger partial charge in [-0.15, -0.1) is 31.6 Å². The van der Waals surface area contributed by atoms with Crippen molar-refractivity contribution in [2.75, 3.05) is 4.90 Å². The predicted octanol–water partition coefficient (Wildman–Crippen LogP) is 4.97. The first-order valence-electron chi connectivity index (χ1n) is 11.0.